The minimum Gasteiger partial charge on any atom is -0.379 e. The van der Waals surface area contributed by atoms with E-state index in [2.05, 4.69) is 10.3 Å². The molecular weight excluding hydrogens is 433 g/mol. The molecule has 1 aliphatic rings. The second-order valence-corrected chi connectivity index (χ2v) is 7.57. The highest BCUT2D eigenvalue weighted by molar-refractivity contribution is 5.96. The lowest BCUT2D eigenvalue weighted by molar-refractivity contribution is -0.147. The fourth-order valence-electron chi connectivity index (χ4n) is 3.84. The summed E-state index contributed by atoms with van der Waals surface area (Å²) in [6, 6.07) is 10.6. The van der Waals surface area contributed by atoms with E-state index in [1.807, 2.05) is 0 Å². The van der Waals surface area contributed by atoms with Crippen molar-refractivity contribution >= 4 is 16.9 Å². The first kappa shape index (κ1) is 22.2. The Morgan fingerprint density at radius 2 is 1.94 bits per heavy atom. The Hall–Kier alpha value is -3.01. The summed E-state index contributed by atoms with van der Waals surface area (Å²) in [5.74, 6) is -1.64. The standard InChI is InChI=1S/C22H20F5N3O2/c23-18(24)11-30-17-5-1-4-16(19(17)29-21(30)22(25,26)27)13-6-8-14(9-7-13)20(31)28-15-3-2-10-32-12-15/h1,4-9,15,18H,2-3,10-12H2,(H,28,31). The summed E-state index contributed by atoms with van der Waals surface area (Å²) in [6.45, 7) is 0.0170. The Kier molecular flexibility index (Phi) is 6.14. The molecule has 1 atom stereocenters. The van der Waals surface area contributed by atoms with Crippen LogP contribution in [0.2, 0.25) is 0 Å². The average Bonchev–Trinajstić information content (AvgIpc) is 3.13. The fraction of sp³-hybridized carbons (Fsp3) is 0.364. The van der Waals surface area contributed by atoms with Gasteiger partial charge in [0.1, 0.15) is 0 Å². The van der Waals surface area contributed by atoms with Crippen LogP contribution in [0.4, 0.5) is 22.0 Å². The second kappa shape index (κ2) is 8.85. The van der Waals surface area contributed by atoms with Crippen molar-refractivity contribution in [2.24, 2.45) is 0 Å². The van der Waals surface area contributed by atoms with Gasteiger partial charge in [-0.25, -0.2) is 13.8 Å². The topological polar surface area (TPSA) is 56.1 Å². The maximum atomic E-state index is 13.4. The summed E-state index contributed by atoms with van der Waals surface area (Å²) in [7, 11) is 0. The Morgan fingerprint density at radius 1 is 1.19 bits per heavy atom. The zero-order valence-electron chi connectivity index (χ0n) is 16.8. The Bertz CT molecular complexity index is 1100. The van der Waals surface area contributed by atoms with Gasteiger partial charge in [-0.1, -0.05) is 24.3 Å². The van der Waals surface area contributed by atoms with Crippen molar-refractivity contribution in [3.8, 4) is 11.1 Å². The van der Waals surface area contributed by atoms with Crippen LogP contribution in [0.3, 0.4) is 0 Å². The smallest absolute Gasteiger partial charge is 0.379 e. The van der Waals surface area contributed by atoms with Crippen LogP contribution >= 0.6 is 0 Å². The van der Waals surface area contributed by atoms with Gasteiger partial charge in [0.05, 0.1) is 30.2 Å². The molecule has 3 aromatic rings. The van der Waals surface area contributed by atoms with E-state index in [9.17, 15) is 26.7 Å². The third-order valence-corrected chi connectivity index (χ3v) is 5.31. The van der Waals surface area contributed by atoms with Gasteiger partial charge in [0.25, 0.3) is 12.3 Å². The van der Waals surface area contributed by atoms with Crippen molar-refractivity contribution in [1.29, 1.82) is 0 Å². The lowest BCUT2D eigenvalue weighted by Gasteiger charge is -2.23. The van der Waals surface area contributed by atoms with Crippen LogP contribution in [0.1, 0.15) is 29.0 Å². The molecule has 2 heterocycles. The Labute approximate surface area is 180 Å². The number of carbonyl (C=O) groups excluding carboxylic acids is 1. The van der Waals surface area contributed by atoms with Gasteiger partial charge in [0.15, 0.2) is 0 Å². The van der Waals surface area contributed by atoms with Crippen molar-refractivity contribution < 1.29 is 31.5 Å². The highest BCUT2D eigenvalue weighted by atomic mass is 19.4. The van der Waals surface area contributed by atoms with Gasteiger partial charge < -0.3 is 14.6 Å². The van der Waals surface area contributed by atoms with Crippen LogP contribution in [0.15, 0.2) is 42.5 Å². The largest absolute Gasteiger partial charge is 0.449 e. The molecule has 2 aromatic carbocycles. The second-order valence-electron chi connectivity index (χ2n) is 7.57. The van der Waals surface area contributed by atoms with Gasteiger partial charge in [-0.3, -0.25) is 4.79 Å². The molecule has 0 aliphatic carbocycles. The lowest BCUT2D eigenvalue weighted by Crippen LogP contribution is -2.40. The molecule has 1 saturated heterocycles. The van der Waals surface area contributed by atoms with Crippen LogP contribution < -0.4 is 5.32 Å². The minimum absolute atomic E-state index is 0.0305. The zero-order valence-corrected chi connectivity index (χ0v) is 16.8. The molecule has 1 N–H and O–H groups in total. The normalized spacial score (nSPS) is 17.1. The fourth-order valence-corrected chi connectivity index (χ4v) is 3.84. The number of nitrogens with one attached hydrogen (secondary N) is 1. The van der Waals surface area contributed by atoms with E-state index in [-0.39, 0.29) is 23.0 Å². The number of nitrogens with zero attached hydrogens (tertiary/aromatic N) is 2. The molecule has 5 nitrogen and oxygen atoms in total. The van der Waals surface area contributed by atoms with E-state index < -0.39 is 25.0 Å². The number of aromatic nitrogens is 2. The highest BCUT2D eigenvalue weighted by Gasteiger charge is 2.38. The SMILES string of the molecule is O=C(NC1CCCOC1)c1ccc(-c2cccc3c2nc(C(F)(F)F)n3CC(F)F)cc1. The summed E-state index contributed by atoms with van der Waals surface area (Å²) in [4.78, 5) is 16.1. The number of fused-ring (bicyclic) bond motifs is 1. The van der Waals surface area contributed by atoms with Crippen molar-refractivity contribution in [3.05, 3.63) is 53.9 Å². The van der Waals surface area contributed by atoms with Crippen molar-refractivity contribution in [2.45, 2.75) is 38.0 Å². The summed E-state index contributed by atoms with van der Waals surface area (Å²) in [5, 5.41) is 2.89. The monoisotopic (exact) mass is 453 g/mol. The summed E-state index contributed by atoms with van der Waals surface area (Å²) in [6.07, 6.45) is -6.15. The molecule has 0 bridgehead atoms. The number of para-hydroxylation sites is 1. The molecule has 170 valence electrons. The molecule has 10 heteroatoms. The van der Waals surface area contributed by atoms with E-state index in [0.717, 1.165) is 12.8 Å². The van der Waals surface area contributed by atoms with Crippen LogP contribution in [0.25, 0.3) is 22.2 Å². The number of hydrogen-bond donors (Lipinski definition) is 1. The van der Waals surface area contributed by atoms with E-state index in [4.69, 9.17) is 4.74 Å². The lowest BCUT2D eigenvalue weighted by atomic mass is 10.0. The molecule has 1 amide bonds. The van der Waals surface area contributed by atoms with E-state index in [1.165, 1.54) is 12.1 Å². The van der Waals surface area contributed by atoms with Gasteiger partial charge in [0.2, 0.25) is 5.82 Å². The summed E-state index contributed by atoms with van der Waals surface area (Å²) >= 11 is 0. The van der Waals surface area contributed by atoms with Gasteiger partial charge >= 0.3 is 6.18 Å². The number of amides is 1. The molecule has 0 radical (unpaired) electrons. The predicted octanol–water partition coefficient (Wildman–Crippen LogP) is 4.90. The Morgan fingerprint density at radius 3 is 2.56 bits per heavy atom. The van der Waals surface area contributed by atoms with Gasteiger partial charge in [-0.05, 0) is 36.6 Å². The van der Waals surface area contributed by atoms with Gasteiger partial charge in [-0.2, -0.15) is 13.2 Å². The average molecular weight is 453 g/mol. The predicted molar refractivity (Wildman–Crippen MR) is 107 cm³/mol. The van der Waals surface area contributed by atoms with E-state index in [0.29, 0.717) is 34.5 Å². The van der Waals surface area contributed by atoms with Crippen LogP contribution in [0, 0.1) is 0 Å². The number of carbonyl (C=O) groups is 1. The van der Waals surface area contributed by atoms with Crippen LogP contribution in [-0.2, 0) is 17.5 Å². The minimum atomic E-state index is -4.88. The molecule has 1 fully saturated rings. The summed E-state index contributed by atoms with van der Waals surface area (Å²) in [5.41, 5.74) is 1.20. The molecule has 0 spiro atoms. The number of benzene rings is 2. The van der Waals surface area contributed by atoms with Crippen molar-refractivity contribution in [1.82, 2.24) is 14.9 Å². The summed E-state index contributed by atoms with van der Waals surface area (Å²) < 4.78 is 72.0. The quantitative estimate of drug-likeness (QED) is 0.560. The number of ether oxygens (including phenoxy) is 1. The molecule has 1 unspecified atom stereocenters. The zero-order chi connectivity index (χ0) is 22.9. The first-order valence-electron chi connectivity index (χ1n) is 10.1. The molecule has 0 saturated carbocycles. The molecule has 32 heavy (non-hydrogen) atoms. The van der Waals surface area contributed by atoms with Gasteiger partial charge in [-0.15, -0.1) is 0 Å². The molecule has 1 aliphatic heterocycles. The Balaban J connectivity index is 1.66. The number of hydrogen-bond acceptors (Lipinski definition) is 3. The van der Waals surface area contributed by atoms with E-state index >= 15 is 0 Å². The molecule has 1 aromatic heterocycles. The number of rotatable bonds is 5. The first-order chi connectivity index (χ1) is 15.2. The number of imidazole rings is 1. The number of alkyl halides is 5. The first-order valence-corrected chi connectivity index (χ1v) is 10.1. The van der Waals surface area contributed by atoms with Crippen molar-refractivity contribution in [3.63, 3.8) is 0 Å². The van der Waals surface area contributed by atoms with Crippen molar-refractivity contribution in [2.75, 3.05) is 13.2 Å². The molecular formula is C22H20F5N3O2. The maximum absolute atomic E-state index is 13.4. The number of halogens is 5. The highest BCUT2D eigenvalue weighted by Crippen LogP contribution is 2.35. The van der Waals surface area contributed by atoms with Crippen LogP contribution in [-0.4, -0.2) is 41.1 Å². The van der Waals surface area contributed by atoms with Gasteiger partial charge in [0, 0.05) is 17.7 Å². The van der Waals surface area contributed by atoms with E-state index in [1.54, 1.807) is 30.3 Å². The maximum Gasteiger partial charge on any atom is 0.449 e. The third kappa shape index (κ3) is 4.59. The molecule has 4 rings (SSSR count). The van der Waals surface area contributed by atoms with Crippen LogP contribution in [0.5, 0.6) is 0 Å². The third-order valence-electron chi connectivity index (χ3n) is 5.31.